The normalized spacial score (nSPS) is 23.3. The van der Waals surface area contributed by atoms with Crippen molar-refractivity contribution in [2.75, 3.05) is 32.8 Å². The first-order valence-electron chi connectivity index (χ1n) is 6.81. The highest BCUT2D eigenvalue weighted by atomic mass is 35.5. The molecule has 7 heteroatoms. The Morgan fingerprint density at radius 3 is 2.90 bits per heavy atom. The minimum atomic E-state index is -0.403. The highest BCUT2D eigenvalue weighted by Crippen LogP contribution is 2.33. The van der Waals surface area contributed by atoms with Gasteiger partial charge in [-0.1, -0.05) is 6.07 Å². The van der Waals surface area contributed by atoms with Crippen LogP contribution in [0, 0.1) is 5.92 Å². The summed E-state index contributed by atoms with van der Waals surface area (Å²) >= 11 is 0. The summed E-state index contributed by atoms with van der Waals surface area (Å²) in [6.45, 7) is 2.68. The number of para-hydroxylation sites is 1. The summed E-state index contributed by atoms with van der Waals surface area (Å²) in [5.41, 5.74) is 0.475. The molecule has 1 amide bonds. The third kappa shape index (κ3) is 3.40. The van der Waals surface area contributed by atoms with E-state index in [1.165, 1.54) is 0 Å². The fourth-order valence-corrected chi connectivity index (χ4v) is 2.50. The second kappa shape index (κ2) is 6.98. The summed E-state index contributed by atoms with van der Waals surface area (Å²) in [6, 6.07) is 5.27. The highest BCUT2D eigenvalue weighted by Gasteiger charge is 2.26. The number of hydrogen-bond donors (Lipinski definition) is 3. The number of halogens is 1. The smallest absolute Gasteiger partial charge is 0.255 e. The predicted octanol–water partition coefficient (Wildman–Crippen LogP) is 0.190. The van der Waals surface area contributed by atoms with Crippen LogP contribution in [0.25, 0.3) is 0 Å². The molecule has 0 bridgehead atoms. The molecule has 3 rings (SSSR count). The average molecular weight is 315 g/mol. The summed E-state index contributed by atoms with van der Waals surface area (Å²) in [5.74, 6) is 0.954. The van der Waals surface area contributed by atoms with Crippen molar-refractivity contribution in [3.63, 3.8) is 0 Å². The SMILES string of the molecule is Cl.O=C(NCC1CNCC1O)c1cccc2c1OCCO2. The van der Waals surface area contributed by atoms with Crippen LogP contribution in [-0.4, -0.2) is 50.0 Å². The Morgan fingerprint density at radius 2 is 2.14 bits per heavy atom. The van der Waals surface area contributed by atoms with Crippen LogP contribution in [0.4, 0.5) is 0 Å². The van der Waals surface area contributed by atoms with E-state index in [2.05, 4.69) is 10.6 Å². The van der Waals surface area contributed by atoms with E-state index < -0.39 is 6.10 Å². The summed E-state index contributed by atoms with van der Waals surface area (Å²) in [6.07, 6.45) is -0.403. The zero-order valence-electron chi connectivity index (χ0n) is 11.5. The van der Waals surface area contributed by atoms with Crippen LogP contribution in [0.1, 0.15) is 10.4 Å². The molecule has 1 aromatic carbocycles. The van der Waals surface area contributed by atoms with Gasteiger partial charge in [0.05, 0.1) is 11.7 Å². The summed E-state index contributed by atoms with van der Waals surface area (Å²) in [7, 11) is 0. The molecule has 21 heavy (non-hydrogen) atoms. The molecular formula is C14H19ClN2O4. The first-order valence-corrected chi connectivity index (χ1v) is 6.81. The van der Waals surface area contributed by atoms with Crippen molar-refractivity contribution in [3.8, 4) is 11.5 Å². The minimum absolute atomic E-state index is 0. The Labute approximate surface area is 129 Å². The van der Waals surface area contributed by atoms with Gasteiger partial charge in [0, 0.05) is 25.6 Å². The minimum Gasteiger partial charge on any atom is -0.486 e. The number of carbonyl (C=O) groups is 1. The fourth-order valence-electron chi connectivity index (χ4n) is 2.50. The van der Waals surface area contributed by atoms with Gasteiger partial charge in [0.2, 0.25) is 0 Å². The van der Waals surface area contributed by atoms with Crippen LogP contribution in [0.15, 0.2) is 18.2 Å². The van der Waals surface area contributed by atoms with Gasteiger partial charge in [-0.05, 0) is 12.1 Å². The van der Waals surface area contributed by atoms with Gasteiger partial charge in [-0.15, -0.1) is 12.4 Å². The number of nitrogens with one attached hydrogen (secondary N) is 2. The number of rotatable bonds is 3. The van der Waals surface area contributed by atoms with Crippen molar-refractivity contribution < 1.29 is 19.4 Å². The maximum atomic E-state index is 12.2. The van der Waals surface area contributed by atoms with Crippen molar-refractivity contribution in [2.45, 2.75) is 6.10 Å². The lowest BCUT2D eigenvalue weighted by molar-refractivity contribution is 0.0916. The molecule has 0 radical (unpaired) electrons. The number of aliphatic hydroxyl groups excluding tert-OH is 1. The Morgan fingerprint density at radius 1 is 1.33 bits per heavy atom. The Bertz CT molecular complexity index is 512. The van der Waals surface area contributed by atoms with Crippen LogP contribution < -0.4 is 20.1 Å². The van der Waals surface area contributed by atoms with E-state index in [4.69, 9.17) is 9.47 Å². The predicted molar refractivity (Wildman–Crippen MR) is 79.4 cm³/mol. The van der Waals surface area contributed by atoms with Gasteiger partial charge < -0.3 is 25.2 Å². The van der Waals surface area contributed by atoms with Gasteiger partial charge >= 0.3 is 0 Å². The molecule has 2 heterocycles. The second-order valence-electron chi connectivity index (χ2n) is 5.03. The van der Waals surface area contributed by atoms with Gasteiger partial charge in [0.25, 0.3) is 5.91 Å². The van der Waals surface area contributed by atoms with Crippen LogP contribution in [-0.2, 0) is 0 Å². The average Bonchev–Trinajstić information content (AvgIpc) is 2.89. The molecule has 2 unspecified atom stereocenters. The molecule has 3 N–H and O–H groups in total. The number of carbonyl (C=O) groups excluding carboxylic acids is 1. The lowest BCUT2D eigenvalue weighted by Gasteiger charge is -2.21. The van der Waals surface area contributed by atoms with Crippen LogP contribution in [0.3, 0.4) is 0 Å². The zero-order valence-corrected chi connectivity index (χ0v) is 12.3. The van der Waals surface area contributed by atoms with E-state index in [-0.39, 0.29) is 24.2 Å². The molecule has 1 saturated heterocycles. The largest absolute Gasteiger partial charge is 0.486 e. The number of ether oxygens (including phenoxy) is 2. The fraction of sp³-hybridized carbons (Fsp3) is 0.500. The van der Waals surface area contributed by atoms with Crippen molar-refractivity contribution >= 4 is 18.3 Å². The number of benzene rings is 1. The summed E-state index contributed by atoms with van der Waals surface area (Å²) in [4.78, 5) is 12.2. The molecule has 1 aromatic rings. The topological polar surface area (TPSA) is 79.8 Å². The number of β-amino-alcohol motifs (C(OH)–C–C–N with tert-alkyl or cyclic N) is 1. The highest BCUT2D eigenvalue weighted by molar-refractivity contribution is 5.97. The van der Waals surface area contributed by atoms with Crippen LogP contribution in [0.5, 0.6) is 11.5 Å². The zero-order chi connectivity index (χ0) is 13.9. The quantitative estimate of drug-likeness (QED) is 0.742. The molecule has 116 valence electrons. The van der Waals surface area contributed by atoms with Gasteiger partial charge in [0.1, 0.15) is 13.2 Å². The van der Waals surface area contributed by atoms with Crippen LogP contribution >= 0.6 is 12.4 Å². The number of fused-ring (bicyclic) bond motifs is 1. The van der Waals surface area contributed by atoms with Gasteiger partial charge in [-0.25, -0.2) is 0 Å². The Hall–Kier alpha value is -1.50. The number of amides is 1. The van der Waals surface area contributed by atoms with Gasteiger partial charge in [0.15, 0.2) is 11.5 Å². The number of aliphatic hydroxyl groups is 1. The molecular weight excluding hydrogens is 296 g/mol. The van der Waals surface area contributed by atoms with Crippen molar-refractivity contribution in [3.05, 3.63) is 23.8 Å². The van der Waals surface area contributed by atoms with E-state index >= 15 is 0 Å². The molecule has 2 aliphatic rings. The molecule has 1 fully saturated rings. The van der Waals surface area contributed by atoms with E-state index in [1.54, 1.807) is 18.2 Å². The lowest BCUT2D eigenvalue weighted by Crippen LogP contribution is -2.34. The van der Waals surface area contributed by atoms with Crippen molar-refractivity contribution in [1.82, 2.24) is 10.6 Å². The molecule has 6 nitrogen and oxygen atoms in total. The standard InChI is InChI=1S/C14H18N2O4.ClH/c17-11-8-15-6-9(11)7-16-14(18)10-2-1-3-12-13(10)20-5-4-19-12;/h1-3,9,11,15,17H,4-8H2,(H,16,18);1H. The van der Waals surface area contributed by atoms with E-state index in [0.717, 1.165) is 0 Å². The maximum Gasteiger partial charge on any atom is 0.255 e. The summed E-state index contributed by atoms with van der Waals surface area (Å²) in [5, 5.41) is 15.6. The third-order valence-electron chi connectivity index (χ3n) is 3.64. The van der Waals surface area contributed by atoms with Crippen LogP contribution in [0.2, 0.25) is 0 Å². The molecule has 0 aromatic heterocycles. The molecule has 0 spiro atoms. The Balaban J connectivity index is 0.00000161. The molecule has 0 saturated carbocycles. The third-order valence-corrected chi connectivity index (χ3v) is 3.64. The van der Waals surface area contributed by atoms with E-state index in [1.807, 2.05) is 0 Å². The van der Waals surface area contributed by atoms with E-state index in [9.17, 15) is 9.90 Å². The van der Waals surface area contributed by atoms with E-state index in [0.29, 0.717) is 49.9 Å². The first kappa shape index (κ1) is 15.9. The molecule has 0 aliphatic carbocycles. The summed E-state index contributed by atoms with van der Waals surface area (Å²) < 4.78 is 11.0. The second-order valence-corrected chi connectivity index (χ2v) is 5.03. The molecule has 2 aliphatic heterocycles. The maximum absolute atomic E-state index is 12.2. The lowest BCUT2D eigenvalue weighted by atomic mass is 10.1. The van der Waals surface area contributed by atoms with Crippen molar-refractivity contribution in [1.29, 1.82) is 0 Å². The molecule has 2 atom stereocenters. The van der Waals surface area contributed by atoms with Crippen molar-refractivity contribution in [2.24, 2.45) is 5.92 Å². The van der Waals surface area contributed by atoms with Gasteiger partial charge in [-0.3, -0.25) is 4.79 Å². The first-order chi connectivity index (χ1) is 9.75. The van der Waals surface area contributed by atoms with Gasteiger partial charge in [-0.2, -0.15) is 0 Å². The monoisotopic (exact) mass is 314 g/mol. The Kier molecular flexibility index (Phi) is 5.27. The number of hydrogen-bond acceptors (Lipinski definition) is 5.